The van der Waals surface area contributed by atoms with Crippen molar-refractivity contribution in [1.82, 2.24) is 20.2 Å². The summed E-state index contributed by atoms with van der Waals surface area (Å²) in [4.78, 5) is 43.1. The molecular formula is C27H28F3N5O3. The van der Waals surface area contributed by atoms with Gasteiger partial charge in [0, 0.05) is 5.56 Å². The summed E-state index contributed by atoms with van der Waals surface area (Å²) in [5.74, 6) is -1.14. The Bertz CT molecular complexity index is 1400. The van der Waals surface area contributed by atoms with Crippen LogP contribution in [0.2, 0.25) is 0 Å². The average Bonchev–Trinajstić information content (AvgIpc) is 2.90. The second-order valence-electron chi connectivity index (χ2n) is 9.18. The lowest BCUT2D eigenvalue weighted by Gasteiger charge is -2.26. The normalized spacial score (nSPS) is 15.9. The van der Waals surface area contributed by atoms with Crippen molar-refractivity contribution in [1.29, 1.82) is 0 Å². The minimum Gasteiger partial charge on any atom is -0.348 e. The van der Waals surface area contributed by atoms with Crippen LogP contribution in [0.4, 0.5) is 18.9 Å². The lowest BCUT2D eigenvalue weighted by molar-refractivity contribution is -0.137. The molecule has 11 heteroatoms. The molecule has 2 aromatic carbocycles. The van der Waals surface area contributed by atoms with E-state index in [4.69, 9.17) is 0 Å². The van der Waals surface area contributed by atoms with Crippen molar-refractivity contribution >= 4 is 17.5 Å². The SMILES string of the molecule is CNC(C)C(=O)Nc1cnc(-c2cccc(C(F)(F)F)c2)n(CC(=O)N[C@@H]2CCCc3ccccc32)c1=O. The summed E-state index contributed by atoms with van der Waals surface area (Å²) in [5.41, 5.74) is 0.272. The van der Waals surface area contributed by atoms with Crippen LogP contribution in [0.5, 0.6) is 0 Å². The minimum absolute atomic E-state index is 0.00852. The molecule has 1 unspecified atom stereocenters. The van der Waals surface area contributed by atoms with Crippen LogP contribution < -0.4 is 21.5 Å². The minimum atomic E-state index is -4.61. The van der Waals surface area contributed by atoms with Gasteiger partial charge in [-0.1, -0.05) is 36.4 Å². The Morgan fingerprint density at radius 3 is 2.66 bits per heavy atom. The third-order valence-corrected chi connectivity index (χ3v) is 6.59. The van der Waals surface area contributed by atoms with Crippen LogP contribution in [0.15, 0.2) is 59.5 Å². The molecule has 0 spiro atoms. The Morgan fingerprint density at radius 1 is 1.16 bits per heavy atom. The van der Waals surface area contributed by atoms with Gasteiger partial charge >= 0.3 is 6.18 Å². The van der Waals surface area contributed by atoms with Gasteiger partial charge in [-0.25, -0.2) is 4.98 Å². The highest BCUT2D eigenvalue weighted by Gasteiger charge is 2.31. The van der Waals surface area contributed by atoms with Crippen molar-refractivity contribution in [2.75, 3.05) is 12.4 Å². The number of fused-ring (bicyclic) bond motifs is 1. The number of likely N-dealkylation sites (N-methyl/N-ethyl adjacent to an activating group) is 1. The second kappa shape index (κ2) is 11.2. The molecule has 0 saturated heterocycles. The monoisotopic (exact) mass is 527 g/mol. The zero-order chi connectivity index (χ0) is 27.4. The Hall–Kier alpha value is -3.99. The van der Waals surface area contributed by atoms with Gasteiger partial charge in [0.05, 0.1) is 23.8 Å². The molecule has 1 heterocycles. The molecule has 200 valence electrons. The molecule has 3 N–H and O–H groups in total. The maximum Gasteiger partial charge on any atom is 0.416 e. The van der Waals surface area contributed by atoms with E-state index in [0.717, 1.165) is 46.9 Å². The van der Waals surface area contributed by atoms with E-state index in [1.54, 1.807) is 14.0 Å². The Balaban J connectivity index is 1.70. The predicted octanol–water partition coefficient (Wildman–Crippen LogP) is 3.67. The number of nitrogens with one attached hydrogen (secondary N) is 3. The number of hydrogen-bond acceptors (Lipinski definition) is 5. The smallest absolute Gasteiger partial charge is 0.348 e. The molecule has 2 atom stereocenters. The second-order valence-corrected chi connectivity index (χ2v) is 9.18. The number of anilines is 1. The van der Waals surface area contributed by atoms with Gasteiger partial charge in [-0.15, -0.1) is 0 Å². The van der Waals surface area contributed by atoms with E-state index in [9.17, 15) is 27.6 Å². The van der Waals surface area contributed by atoms with Crippen molar-refractivity contribution in [3.05, 3.63) is 81.8 Å². The molecule has 38 heavy (non-hydrogen) atoms. The molecule has 0 fully saturated rings. The van der Waals surface area contributed by atoms with Gasteiger partial charge in [-0.3, -0.25) is 19.0 Å². The molecular weight excluding hydrogens is 499 g/mol. The average molecular weight is 528 g/mol. The molecule has 0 bridgehead atoms. The fourth-order valence-corrected chi connectivity index (χ4v) is 4.45. The van der Waals surface area contributed by atoms with E-state index in [2.05, 4.69) is 20.9 Å². The summed E-state index contributed by atoms with van der Waals surface area (Å²) < 4.78 is 41.1. The highest BCUT2D eigenvalue weighted by Crippen LogP contribution is 2.32. The number of benzene rings is 2. The van der Waals surface area contributed by atoms with Crippen LogP contribution in [0.25, 0.3) is 11.4 Å². The number of aromatic nitrogens is 2. The molecule has 8 nitrogen and oxygen atoms in total. The van der Waals surface area contributed by atoms with Crippen molar-refractivity contribution in [3.8, 4) is 11.4 Å². The number of alkyl halides is 3. The molecule has 0 saturated carbocycles. The Labute approximate surface area is 217 Å². The van der Waals surface area contributed by atoms with Crippen LogP contribution in [0, 0.1) is 0 Å². The highest BCUT2D eigenvalue weighted by atomic mass is 19.4. The lowest BCUT2D eigenvalue weighted by Crippen LogP contribution is -2.40. The van der Waals surface area contributed by atoms with Gasteiger partial charge in [0.15, 0.2) is 0 Å². The summed E-state index contributed by atoms with van der Waals surface area (Å²) >= 11 is 0. The Kier molecular flexibility index (Phi) is 7.96. The van der Waals surface area contributed by atoms with Crippen molar-refractivity contribution in [2.24, 2.45) is 0 Å². The Morgan fingerprint density at radius 2 is 1.92 bits per heavy atom. The fourth-order valence-electron chi connectivity index (χ4n) is 4.45. The molecule has 1 aliphatic rings. The summed E-state index contributed by atoms with van der Waals surface area (Å²) in [6.45, 7) is 1.09. The summed E-state index contributed by atoms with van der Waals surface area (Å²) in [7, 11) is 1.57. The largest absolute Gasteiger partial charge is 0.416 e. The van der Waals surface area contributed by atoms with Crippen LogP contribution in [-0.4, -0.2) is 34.5 Å². The van der Waals surface area contributed by atoms with E-state index in [0.29, 0.717) is 6.42 Å². The number of amides is 2. The number of aryl methyl sites for hydroxylation is 1. The highest BCUT2D eigenvalue weighted by molar-refractivity contribution is 5.94. The molecule has 1 aromatic heterocycles. The van der Waals surface area contributed by atoms with E-state index in [1.807, 2.05) is 24.3 Å². The molecule has 3 aromatic rings. The number of halogens is 3. The summed E-state index contributed by atoms with van der Waals surface area (Å²) in [6.07, 6.45) is -1.02. The first-order valence-electron chi connectivity index (χ1n) is 12.2. The van der Waals surface area contributed by atoms with Gasteiger partial charge in [0.25, 0.3) is 5.56 Å². The zero-order valence-corrected chi connectivity index (χ0v) is 20.9. The van der Waals surface area contributed by atoms with Crippen LogP contribution in [-0.2, 0) is 28.7 Å². The first-order valence-corrected chi connectivity index (χ1v) is 12.2. The van der Waals surface area contributed by atoms with Gasteiger partial charge in [0.2, 0.25) is 11.8 Å². The third-order valence-electron chi connectivity index (χ3n) is 6.59. The van der Waals surface area contributed by atoms with Gasteiger partial charge in [-0.2, -0.15) is 13.2 Å². The summed E-state index contributed by atoms with van der Waals surface area (Å²) in [6, 6.07) is 11.3. The molecule has 0 radical (unpaired) electrons. The third kappa shape index (κ3) is 5.94. The molecule has 2 amide bonds. The van der Waals surface area contributed by atoms with Crippen molar-refractivity contribution < 1.29 is 22.8 Å². The first-order chi connectivity index (χ1) is 18.1. The number of nitrogens with zero attached hydrogens (tertiary/aromatic N) is 2. The first kappa shape index (κ1) is 27.1. The predicted molar refractivity (Wildman–Crippen MR) is 136 cm³/mol. The number of hydrogen-bond donors (Lipinski definition) is 3. The maximum absolute atomic E-state index is 13.4. The number of carbonyl (C=O) groups is 2. The van der Waals surface area contributed by atoms with E-state index >= 15 is 0 Å². The van der Waals surface area contributed by atoms with Crippen LogP contribution >= 0.6 is 0 Å². The van der Waals surface area contributed by atoms with E-state index in [1.165, 1.54) is 12.1 Å². The van der Waals surface area contributed by atoms with Gasteiger partial charge < -0.3 is 16.0 Å². The fraction of sp³-hybridized carbons (Fsp3) is 0.333. The van der Waals surface area contributed by atoms with Crippen molar-refractivity contribution in [3.63, 3.8) is 0 Å². The van der Waals surface area contributed by atoms with Gasteiger partial charge in [0.1, 0.15) is 18.1 Å². The molecule has 1 aliphatic carbocycles. The number of carbonyl (C=O) groups excluding carboxylic acids is 2. The van der Waals surface area contributed by atoms with Gasteiger partial charge in [-0.05, 0) is 56.5 Å². The standard InChI is InChI=1S/C27H28F3N5O3/c1-16(31-2)25(37)34-22-14-32-24(18-9-5-10-19(13-18)27(28,29)30)35(26(22)38)15-23(36)33-21-12-6-8-17-7-3-4-11-20(17)21/h3-5,7,9-11,13-14,16,21,31H,6,8,12,15H2,1-2H3,(H,33,36)(H,34,37)/t16?,21-/m1/s1. The summed E-state index contributed by atoms with van der Waals surface area (Å²) in [5, 5.41) is 8.17. The van der Waals surface area contributed by atoms with Crippen LogP contribution in [0.1, 0.15) is 42.5 Å². The van der Waals surface area contributed by atoms with Crippen LogP contribution in [0.3, 0.4) is 0 Å². The maximum atomic E-state index is 13.4. The number of rotatable bonds is 7. The quantitative estimate of drug-likeness (QED) is 0.435. The van der Waals surface area contributed by atoms with E-state index in [-0.39, 0.29) is 23.1 Å². The zero-order valence-electron chi connectivity index (χ0n) is 20.9. The topological polar surface area (TPSA) is 105 Å². The van der Waals surface area contributed by atoms with E-state index < -0.39 is 41.7 Å². The lowest BCUT2D eigenvalue weighted by atomic mass is 9.88. The molecule has 0 aliphatic heterocycles. The molecule has 4 rings (SSSR count). The van der Waals surface area contributed by atoms with Crippen molar-refractivity contribution in [2.45, 2.75) is 51.0 Å².